The van der Waals surface area contributed by atoms with Crippen LogP contribution in [0.1, 0.15) is 25.0 Å². The van der Waals surface area contributed by atoms with Gasteiger partial charge < -0.3 is 15.4 Å². The lowest BCUT2D eigenvalue weighted by atomic mass is 9.85. The van der Waals surface area contributed by atoms with Crippen LogP contribution in [0.4, 0.5) is 20.3 Å². The second-order valence-corrected chi connectivity index (χ2v) is 7.64. The van der Waals surface area contributed by atoms with Gasteiger partial charge in [-0.05, 0) is 26.0 Å². The molecule has 0 bridgehead atoms. The first-order valence-corrected chi connectivity index (χ1v) is 10.1. The van der Waals surface area contributed by atoms with Crippen LogP contribution in [0.2, 0.25) is 0 Å². The highest BCUT2D eigenvalue weighted by molar-refractivity contribution is 5.92. The number of halogens is 2. The van der Waals surface area contributed by atoms with Crippen molar-refractivity contribution in [2.45, 2.75) is 31.7 Å². The van der Waals surface area contributed by atoms with Crippen LogP contribution >= 0.6 is 0 Å². The van der Waals surface area contributed by atoms with E-state index in [2.05, 4.69) is 25.6 Å². The molecule has 0 saturated heterocycles. The van der Waals surface area contributed by atoms with Crippen molar-refractivity contribution in [2.75, 3.05) is 30.8 Å². The summed E-state index contributed by atoms with van der Waals surface area (Å²) in [5.41, 5.74) is 1.30. The van der Waals surface area contributed by atoms with Crippen LogP contribution in [0.15, 0.2) is 24.7 Å². The maximum Gasteiger partial charge on any atom is 0.251 e. The van der Waals surface area contributed by atoms with Gasteiger partial charge in [-0.1, -0.05) is 6.42 Å². The van der Waals surface area contributed by atoms with Gasteiger partial charge in [-0.3, -0.25) is 14.7 Å². The number of hydrogen-bond donors (Lipinski definition) is 2. The van der Waals surface area contributed by atoms with Crippen LogP contribution in [0.25, 0.3) is 11.3 Å². The Bertz CT molecular complexity index is 991. The van der Waals surface area contributed by atoms with Gasteiger partial charge in [-0.15, -0.1) is 0 Å². The van der Waals surface area contributed by atoms with E-state index in [0.717, 1.165) is 19.3 Å². The molecule has 1 atom stereocenters. The summed E-state index contributed by atoms with van der Waals surface area (Å²) in [5.74, 6) is 0.300. The highest BCUT2D eigenvalue weighted by Crippen LogP contribution is 2.27. The first-order chi connectivity index (χ1) is 15.4. The van der Waals surface area contributed by atoms with Crippen molar-refractivity contribution in [2.24, 2.45) is 5.92 Å². The molecule has 2 heterocycles. The molecule has 1 amide bonds. The van der Waals surface area contributed by atoms with Gasteiger partial charge in [0.1, 0.15) is 12.4 Å². The number of likely N-dealkylation sites (N-methyl/N-ethyl adjacent to an activating group) is 1. The molecule has 1 aliphatic carbocycles. The van der Waals surface area contributed by atoms with Crippen molar-refractivity contribution in [3.63, 3.8) is 0 Å². The topological polar surface area (TPSA) is 124 Å². The van der Waals surface area contributed by atoms with Gasteiger partial charge in [0.05, 0.1) is 36.4 Å². The quantitative estimate of drug-likeness (QED) is 0.536. The zero-order valence-corrected chi connectivity index (χ0v) is 17.5. The Morgan fingerprint density at radius 2 is 2.06 bits per heavy atom. The molecule has 2 aromatic heterocycles. The van der Waals surface area contributed by atoms with Crippen molar-refractivity contribution in [1.29, 1.82) is 5.26 Å². The smallest absolute Gasteiger partial charge is 0.251 e. The fraction of sp³-hybridized carbons (Fsp3) is 0.429. The van der Waals surface area contributed by atoms with E-state index in [9.17, 15) is 23.6 Å². The standard InChI is InChI=1S/C21H23F2N7O2/c1-30(11-19(22)23)10-15(12-31)28-16-5-14(7-25-17(16)6-24)18-8-27-20(9-26-18)29-21(32)13-3-2-4-13/h5,7-9,12-13,15,19,28H,2-4,10-11H2,1H3,(H,27,29,32)/t15-/m0/s1. The zero-order valence-electron chi connectivity index (χ0n) is 17.5. The predicted octanol–water partition coefficient (Wildman–Crippen LogP) is 2.33. The van der Waals surface area contributed by atoms with Gasteiger partial charge in [-0.2, -0.15) is 5.26 Å². The van der Waals surface area contributed by atoms with Gasteiger partial charge >= 0.3 is 0 Å². The number of aromatic nitrogens is 3. The van der Waals surface area contributed by atoms with Crippen molar-refractivity contribution < 1.29 is 18.4 Å². The summed E-state index contributed by atoms with van der Waals surface area (Å²) >= 11 is 0. The second-order valence-electron chi connectivity index (χ2n) is 7.64. The van der Waals surface area contributed by atoms with E-state index in [1.54, 1.807) is 6.07 Å². The normalized spacial score (nSPS) is 14.5. The van der Waals surface area contributed by atoms with E-state index < -0.39 is 19.0 Å². The number of anilines is 2. The molecule has 3 rings (SSSR count). The third kappa shape index (κ3) is 6.01. The number of hydrogen-bond acceptors (Lipinski definition) is 8. The van der Waals surface area contributed by atoms with Gasteiger partial charge in [0.2, 0.25) is 5.91 Å². The van der Waals surface area contributed by atoms with E-state index in [1.807, 2.05) is 6.07 Å². The molecular formula is C21H23F2N7O2. The number of nitrogens with one attached hydrogen (secondary N) is 2. The lowest BCUT2D eigenvalue weighted by Gasteiger charge is -2.23. The predicted molar refractivity (Wildman–Crippen MR) is 113 cm³/mol. The van der Waals surface area contributed by atoms with E-state index in [0.29, 0.717) is 23.4 Å². The van der Waals surface area contributed by atoms with Crippen LogP contribution in [0.3, 0.4) is 0 Å². The lowest BCUT2D eigenvalue weighted by molar-refractivity contribution is -0.122. The number of amides is 1. The number of nitriles is 1. The molecule has 1 saturated carbocycles. The van der Waals surface area contributed by atoms with Crippen LogP contribution in [-0.4, -0.2) is 64.6 Å². The molecule has 0 radical (unpaired) electrons. The summed E-state index contributed by atoms with van der Waals surface area (Å²) in [5, 5.41) is 15.0. The maximum absolute atomic E-state index is 12.5. The van der Waals surface area contributed by atoms with Gasteiger partial charge in [0.25, 0.3) is 6.43 Å². The average Bonchev–Trinajstić information content (AvgIpc) is 2.71. The number of alkyl halides is 2. The van der Waals surface area contributed by atoms with Crippen molar-refractivity contribution in [3.8, 4) is 17.3 Å². The number of pyridine rings is 1. The van der Waals surface area contributed by atoms with Crippen molar-refractivity contribution in [3.05, 3.63) is 30.4 Å². The van der Waals surface area contributed by atoms with Crippen LogP contribution < -0.4 is 10.6 Å². The molecule has 11 heteroatoms. The zero-order chi connectivity index (χ0) is 23.1. The molecule has 0 unspecified atom stereocenters. The monoisotopic (exact) mass is 443 g/mol. The molecule has 0 spiro atoms. The van der Waals surface area contributed by atoms with Crippen molar-refractivity contribution >= 4 is 23.7 Å². The van der Waals surface area contributed by atoms with E-state index in [1.165, 1.54) is 30.5 Å². The SMILES string of the molecule is CN(CC(F)F)C[C@@H](C=O)Nc1cc(-c2cnc(NC(=O)C3CCC3)cn2)cnc1C#N. The minimum atomic E-state index is -2.52. The minimum absolute atomic E-state index is 0.0259. The average molecular weight is 443 g/mol. The molecule has 2 aromatic rings. The molecular weight excluding hydrogens is 420 g/mol. The third-order valence-corrected chi connectivity index (χ3v) is 5.13. The molecule has 168 valence electrons. The lowest BCUT2D eigenvalue weighted by Crippen LogP contribution is -2.38. The molecule has 0 aromatic carbocycles. The van der Waals surface area contributed by atoms with E-state index in [4.69, 9.17) is 0 Å². The molecule has 0 aliphatic heterocycles. The highest BCUT2D eigenvalue weighted by Gasteiger charge is 2.25. The molecule has 9 nitrogen and oxygen atoms in total. The molecule has 1 fully saturated rings. The summed E-state index contributed by atoms with van der Waals surface area (Å²) in [6, 6.07) is 2.70. The second kappa shape index (κ2) is 10.7. The summed E-state index contributed by atoms with van der Waals surface area (Å²) in [6.45, 7) is -0.452. The highest BCUT2D eigenvalue weighted by atomic mass is 19.3. The summed E-state index contributed by atoms with van der Waals surface area (Å²) in [6.07, 6.45) is 5.23. The Kier molecular flexibility index (Phi) is 7.72. The molecule has 32 heavy (non-hydrogen) atoms. The first kappa shape index (κ1) is 23.1. The maximum atomic E-state index is 12.5. The summed E-state index contributed by atoms with van der Waals surface area (Å²) in [4.78, 5) is 37.4. The fourth-order valence-corrected chi connectivity index (χ4v) is 3.21. The number of carbonyl (C=O) groups excluding carboxylic acids is 2. The Balaban J connectivity index is 1.72. The number of rotatable bonds is 10. The Morgan fingerprint density at radius 3 is 2.62 bits per heavy atom. The first-order valence-electron chi connectivity index (χ1n) is 10.1. The Labute approximate surface area is 183 Å². The largest absolute Gasteiger partial charge is 0.372 e. The van der Waals surface area contributed by atoms with E-state index >= 15 is 0 Å². The fourth-order valence-electron chi connectivity index (χ4n) is 3.21. The summed E-state index contributed by atoms with van der Waals surface area (Å²) < 4.78 is 25.1. The summed E-state index contributed by atoms with van der Waals surface area (Å²) in [7, 11) is 1.48. The minimum Gasteiger partial charge on any atom is -0.372 e. The third-order valence-electron chi connectivity index (χ3n) is 5.13. The molecule has 2 N–H and O–H groups in total. The van der Waals surface area contributed by atoms with Gasteiger partial charge in [0.15, 0.2) is 11.5 Å². The number of nitrogens with zero attached hydrogens (tertiary/aromatic N) is 5. The van der Waals surface area contributed by atoms with Crippen LogP contribution in [0, 0.1) is 17.2 Å². The van der Waals surface area contributed by atoms with E-state index in [-0.39, 0.29) is 29.8 Å². The van der Waals surface area contributed by atoms with Crippen molar-refractivity contribution in [1.82, 2.24) is 19.9 Å². The van der Waals surface area contributed by atoms with Gasteiger partial charge in [0, 0.05) is 24.2 Å². The van der Waals surface area contributed by atoms with Gasteiger partial charge in [-0.25, -0.2) is 18.7 Å². The Hall–Kier alpha value is -3.52. The Morgan fingerprint density at radius 1 is 1.28 bits per heavy atom. The van der Waals surface area contributed by atoms with Crippen LogP contribution in [-0.2, 0) is 9.59 Å². The number of carbonyl (C=O) groups is 2. The molecule has 1 aliphatic rings. The number of aldehydes is 1. The van der Waals surface area contributed by atoms with Crippen LogP contribution in [0.5, 0.6) is 0 Å².